The second-order valence-electron chi connectivity index (χ2n) is 8.59. The van der Waals surface area contributed by atoms with Crippen LogP contribution in [0, 0.1) is 13.8 Å². The normalized spacial score (nSPS) is 10.7. The van der Waals surface area contributed by atoms with Gasteiger partial charge in [0.2, 0.25) is 5.91 Å². The van der Waals surface area contributed by atoms with Gasteiger partial charge in [-0.05, 0) is 72.1 Å². The largest absolute Gasteiger partial charge is 0.340 e. The number of carbonyl (C=O) groups excluding carboxylic acids is 1. The van der Waals surface area contributed by atoms with E-state index in [9.17, 15) is 4.79 Å². The Morgan fingerprint density at radius 3 is 2.28 bits per heavy atom. The van der Waals surface area contributed by atoms with Crippen molar-refractivity contribution in [3.05, 3.63) is 108 Å². The molecule has 2 heterocycles. The van der Waals surface area contributed by atoms with Gasteiger partial charge in [0, 0.05) is 23.6 Å². The lowest BCUT2D eigenvalue weighted by Gasteiger charge is -2.11. The van der Waals surface area contributed by atoms with Gasteiger partial charge >= 0.3 is 0 Å². The number of hydrogen-bond acceptors (Lipinski definition) is 6. The first-order chi connectivity index (χ1) is 17.5. The average molecular weight is 475 g/mol. The third kappa shape index (κ3) is 5.64. The lowest BCUT2D eigenvalue weighted by atomic mass is 10.0. The van der Waals surface area contributed by atoms with Crippen molar-refractivity contribution in [3.8, 4) is 0 Å². The highest BCUT2D eigenvalue weighted by Crippen LogP contribution is 2.22. The topological polar surface area (TPSA) is 91.8 Å². The highest BCUT2D eigenvalue weighted by Gasteiger charge is 2.08. The highest BCUT2D eigenvalue weighted by atomic mass is 16.1. The first-order valence-electron chi connectivity index (χ1n) is 11.7. The van der Waals surface area contributed by atoms with Crippen molar-refractivity contribution in [1.29, 1.82) is 0 Å². The van der Waals surface area contributed by atoms with Crippen molar-refractivity contribution in [2.45, 2.75) is 20.3 Å². The molecule has 0 saturated heterocycles. The summed E-state index contributed by atoms with van der Waals surface area (Å²) < 4.78 is 0. The van der Waals surface area contributed by atoms with Crippen LogP contribution in [0.4, 0.5) is 28.8 Å². The van der Waals surface area contributed by atoms with Gasteiger partial charge in [0.1, 0.15) is 23.3 Å². The number of aromatic nitrogens is 3. The molecule has 36 heavy (non-hydrogen) atoms. The van der Waals surface area contributed by atoms with Crippen LogP contribution in [-0.4, -0.2) is 20.9 Å². The Bertz CT molecular complexity index is 1530. The van der Waals surface area contributed by atoms with E-state index >= 15 is 0 Å². The summed E-state index contributed by atoms with van der Waals surface area (Å²) >= 11 is 0. The van der Waals surface area contributed by atoms with Crippen molar-refractivity contribution < 1.29 is 4.79 Å². The van der Waals surface area contributed by atoms with Gasteiger partial charge in [0.05, 0.1) is 6.42 Å². The fourth-order valence-electron chi connectivity index (χ4n) is 4.04. The minimum Gasteiger partial charge on any atom is -0.340 e. The number of carbonyl (C=O) groups is 1. The standard InChI is InChI=1S/C29H26N6O/c1-19-14-15-30-26(16-19)35-28-18-27(31-20(2)32-28)33-23-10-12-24(13-11-23)34-29(36)17-22-8-5-7-21-6-3-4-9-25(21)22/h3-16,18H,17H2,1-2H3,(H,34,36)(H2,30,31,32,33,35). The number of amides is 1. The van der Waals surface area contributed by atoms with Crippen molar-refractivity contribution in [2.75, 3.05) is 16.0 Å². The van der Waals surface area contributed by atoms with E-state index in [0.717, 1.165) is 39.1 Å². The molecule has 7 heteroatoms. The summed E-state index contributed by atoms with van der Waals surface area (Å²) in [5, 5.41) is 11.7. The quantitative estimate of drug-likeness (QED) is 0.256. The third-order valence-corrected chi connectivity index (χ3v) is 5.68. The monoisotopic (exact) mass is 474 g/mol. The smallest absolute Gasteiger partial charge is 0.228 e. The van der Waals surface area contributed by atoms with Crippen LogP contribution in [0.2, 0.25) is 0 Å². The molecule has 0 spiro atoms. The van der Waals surface area contributed by atoms with Gasteiger partial charge in [-0.1, -0.05) is 42.5 Å². The molecule has 5 rings (SSSR count). The Balaban J connectivity index is 1.23. The average Bonchev–Trinajstić information content (AvgIpc) is 2.85. The fourth-order valence-corrected chi connectivity index (χ4v) is 4.04. The first-order valence-corrected chi connectivity index (χ1v) is 11.7. The summed E-state index contributed by atoms with van der Waals surface area (Å²) in [6.45, 7) is 3.86. The van der Waals surface area contributed by atoms with E-state index in [4.69, 9.17) is 0 Å². The van der Waals surface area contributed by atoms with E-state index in [1.807, 2.05) is 86.6 Å². The molecule has 0 atom stereocenters. The molecule has 0 aliphatic heterocycles. The summed E-state index contributed by atoms with van der Waals surface area (Å²) in [4.78, 5) is 25.9. The van der Waals surface area contributed by atoms with Crippen molar-refractivity contribution in [2.24, 2.45) is 0 Å². The number of nitrogens with one attached hydrogen (secondary N) is 3. The number of fused-ring (bicyclic) bond motifs is 1. The lowest BCUT2D eigenvalue weighted by Crippen LogP contribution is -2.14. The predicted octanol–water partition coefficient (Wildman–Crippen LogP) is 6.31. The number of rotatable bonds is 7. The van der Waals surface area contributed by atoms with E-state index < -0.39 is 0 Å². The molecule has 0 aliphatic carbocycles. The number of pyridine rings is 1. The molecule has 2 aromatic heterocycles. The van der Waals surface area contributed by atoms with Gasteiger partial charge in [-0.15, -0.1) is 0 Å². The Morgan fingerprint density at radius 1 is 0.750 bits per heavy atom. The molecule has 3 aromatic carbocycles. The molecular formula is C29H26N6O. The van der Waals surface area contributed by atoms with E-state index in [0.29, 0.717) is 23.9 Å². The van der Waals surface area contributed by atoms with Gasteiger partial charge in [-0.2, -0.15) is 0 Å². The zero-order valence-corrected chi connectivity index (χ0v) is 20.1. The van der Waals surface area contributed by atoms with Crippen LogP contribution in [0.15, 0.2) is 91.1 Å². The first kappa shape index (κ1) is 23.0. The molecule has 0 fully saturated rings. The minimum absolute atomic E-state index is 0.0565. The summed E-state index contributed by atoms with van der Waals surface area (Å²) in [5.74, 6) is 2.61. The second kappa shape index (κ2) is 10.2. The van der Waals surface area contributed by atoms with E-state index in [-0.39, 0.29) is 5.91 Å². The van der Waals surface area contributed by atoms with Gasteiger partial charge in [0.25, 0.3) is 0 Å². The van der Waals surface area contributed by atoms with Crippen molar-refractivity contribution in [3.63, 3.8) is 0 Å². The second-order valence-corrected chi connectivity index (χ2v) is 8.59. The zero-order chi connectivity index (χ0) is 24.9. The molecule has 0 unspecified atom stereocenters. The predicted molar refractivity (Wildman–Crippen MR) is 145 cm³/mol. The third-order valence-electron chi connectivity index (χ3n) is 5.68. The van der Waals surface area contributed by atoms with Crippen molar-refractivity contribution >= 4 is 45.5 Å². The van der Waals surface area contributed by atoms with Crippen LogP contribution in [0.3, 0.4) is 0 Å². The van der Waals surface area contributed by atoms with E-state index in [1.165, 1.54) is 0 Å². The fraction of sp³-hybridized carbons (Fsp3) is 0.103. The van der Waals surface area contributed by atoms with Crippen LogP contribution in [-0.2, 0) is 11.2 Å². The van der Waals surface area contributed by atoms with Crippen LogP contribution >= 0.6 is 0 Å². The maximum absolute atomic E-state index is 12.7. The molecule has 0 radical (unpaired) electrons. The molecule has 5 aromatic rings. The molecule has 0 bridgehead atoms. The summed E-state index contributed by atoms with van der Waals surface area (Å²) in [6.07, 6.45) is 2.07. The Kier molecular flexibility index (Phi) is 6.53. The Labute approximate surface area is 209 Å². The zero-order valence-electron chi connectivity index (χ0n) is 20.1. The molecule has 178 valence electrons. The summed E-state index contributed by atoms with van der Waals surface area (Å²) in [6, 6.07) is 27.4. The van der Waals surface area contributed by atoms with Crippen LogP contribution in [0.25, 0.3) is 10.8 Å². The Morgan fingerprint density at radius 2 is 1.47 bits per heavy atom. The Hall–Kier alpha value is -4.78. The minimum atomic E-state index is -0.0565. The van der Waals surface area contributed by atoms with Crippen LogP contribution in [0.1, 0.15) is 17.0 Å². The number of benzene rings is 3. The number of aryl methyl sites for hydroxylation is 2. The molecule has 3 N–H and O–H groups in total. The molecule has 7 nitrogen and oxygen atoms in total. The van der Waals surface area contributed by atoms with Crippen molar-refractivity contribution in [1.82, 2.24) is 15.0 Å². The van der Waals surface area contributed by atoms with E-state index in [2.05, 4.69) is 43.0 Å². The number of nitrogens with zero attached hydrogens (tertiary/aromatic N) is 3. The number of hydrogen-bond donors (Lipinski definition) is 3. The molecule has 0 aliphatic rings. The van der Waals surface area contributed by atoms with Gasteiger partial charge < -0.3 is 16.0 Å². The SMILES string of the molecule is Cc1ccnc(Nc2cc(Nc3ccc(NC(=O)Cc4cccc5ccccc45)cc3)nc(C)n2)c1. The highest BCUT2D eigenvalue weighted by molar-refractivity contribution is 5.96. The molecule has 0 saturated carbocycles. The van der Waals surface area contributed by atoms with Gasteiger partial charge in [0.15, 0.2) is 0 Å². The van der Waals surface area contributed by atoms with E-state index in [1.54, 1.807) is 6.20 Å². The summed E-state index contributed by atoms with van der Waals surface area (Å²) in [5.41, 5.74) is 3.70. The molecular weight excluding hydrogens is 448 g/mol. The molecule has 1 amide bonds. The van der Waals surface area contributed by atoms with Crippen LogP contribution < -0.4 is 16.0 Å². The maximum atomic E-state index is 12.7. The van der Waals surface area contributed by atoms with Crippen LogP contribution in [0.5, 0.6) is 0 Å². The summed E-state index contributed by atoms with van der Waals surface area (Å²) in [7, 11) is 0. The van der Waals surface area contributed by atoms with Gasteiger partial charge in [-0.3, -0.25) is 4.79 Å². The number of anilines is 5. The van der Waals surface area contributed by atoms with Gasteiger partial charge in [-0.25, -0.2) is 15.0 Å². The maximum Gasteiger partial charge on any atom is 0.228 e. The lowest BCUT2D eigenvalue weighted by molar-refractivity contribution is -0.115.